The highest BCUT2D eigenvalue weighted by Crippen LogP contribution is 2.26. The Balaban J connectivity index is 1.61. The number of rotatable bonds is 2. The number of urea groups is 1. The number of nitrogens with one attached hydrogen (secondary N) is 1. The average Bonchev–Trinajstić information content (AvgIpc) is 2.89. The highest BCUT2D eigenvalue weighted by molar-refractivity contribution is 7.22. The fourth-order valence-corrected chi connectivity index (χ4v) is 3.54. The molecule has 1 fully saturated rings. The molecule has 1 N–H and O–H groups in total. The van der Waals surface area contributed by atoms with Crippen LogP contribution in [-0.4, -0.2) is 54.0 Å². The fraction of sp³-hybridized carbons (Fsp3) is 0.467. The first-order chi connectivity index (χ1) is 10.1. The Kier molecular flexibility index (Phi) is 4.07. The summed E-state index contributed by atoms with van der Waals surface area (Å²) in [7, 11) is 4.20. The summed E-state index contributed by atoms with van der Waals surface area (Å²) >= 11 is 1.52. The molecule has 1 aromatic heterocycles. The number of nitrogens with zero attached hydrogens (tertiary/aromatic N) is 3. The maximum Gasteiger partial charge on any atom is 0.323 e. The Morgan fingerprint density at radius 2 is 2.05 bits per heavy atom. The van der Waals surface area contributed by atoms with Crippen molar-refractivity contribution in [3.8, 4) is 0 Å². The van der Waals surface area contributed by atoms with Crippen LogP contribution >= 0.6 is 11.3 Å². The van der Waals surface area contributed by atoms with Gasteiger partial charge in [0.05, 0.1) is 10.2 Å². The average molecular weight is 304 g/mol. The number of thiazole rings is 1. The number of fused-ring (bicyclic) bond motifs is 1. The Morgan fingerprint density at radius 3 is 2.71 bits per heavy atom. The highest BCUT2D eigenvalue weighted by Gasteiger charge is 2.24. The van der Waals surface area contributed by atoms with E-state index in [-0.39, 0.29) is 6.03 Å². The molecule has 3 rings (SSSR count). The second kappa shape index (κ2) is 5.99. The molecular weight excluding hydrogens is 284 g/mol. The monoisotopic (exact) mass is 304 g/mol. The highest BCUT2D eigenvalue weighted by atomic mass is 32.1. The van der Waals surface area contributed by atoms with E-state index in [4.69, 9.17) is 0 Å². The number of anilines is 1. The van der Waals surface area contributed by atoms with Crippen LogP contribution in [0.1, 0.15) is 12.8 Å². The second-order valence-corrected chi connectivity index (χ2v) is 6.63. The van der Waals surface area contributed by atoms with Crippen molar-refractivity contribution < 1.29 is 4.79 Å². The molecule has 0 spiro atoms. The zero-order valence-corrected chi connectivity index (χ0v) is 13.2. The lowest BCUT2D eigenvalue weighted by Crippen LogP contribution is -2.45. The Morgan fingerprint density at radius 1 is 1.33 bits per heavy atom. The zero-order chi connectivity index (χ0) is 14.8. The molecular formula is C15H20N4OS. The van der Waals surface area contributed by atoms with Gasteiger partial charge in [-0.05, 0) is 39.1 Å². The van der Waals surface area contributed by atoms with Crippen molar-refractivity contribution in [2.75, 3.05) is 32.5 Å². The third kappa shape index (κ3) is 3.16. The van der Waals surface area contributed by atoms with Gasteiger partial charge in [0.2, 0.25) is 0 Å². The van der Waals surface area contributed by atoms with Crippen molar-refractivity contribution in [1.82, 2.24) is 14.8 Å². The maximum atomic E-state index is 12.3. The molecule has 0 aliphatic carbocycles. The third-order valence-electron chi connectivity index (χ3n) is 3.99. The van der Waals surface area contributed by atoms with Crippen LogP contribution < -0.4 is 5.32 Å². The number of para-hydroxylation sites is 1. The van der Waals surface area contributed by atoms with Gasteiger partial charge >= 0.3 is 6.03 Å². The standard InChI is InChI=1S/C15H20N4OS/c1-18(2)11-7-9-19(10-8-11)15(20)17-14-16-12-5-3-4-6-13(12)21-14/h3-6,11H,7-10H2,1-2H3,(H,16,17,20). The van der Waals surface area contributed by atoms with Gasteiger partial charge in [-0.25, -0.2) is 9.78 Å². The minimum absolute atomic E-state index is 0.0359. The van der Waals surface area contributed by atoms with Gasteiger partial charge in [-0.1, -0.05) is 23.5 Å². The molecule has 2 aromatic rings. The first kappa shape index (κ1) is 14.3. The molecule has 1 saturated heterocycles. The van der Waals surface area contributed by atoms with Gasteiger partial charge in [-0.15, -0.1) is 0 Å². The predicted molar refractivity (Wildman–Crippen MR) is 86.9 cm³/mol. The summed E-state index contributed by atoms with van der Waals surface area (Å²) < 4.78 is 1.10. The molecule has 0 unspecified atom stereocenters. The van der Waals surface area contributed by atoms with Crippen LogP contribution in [0.4, 0.5) is 9.93 Å². The molecule has 1 aliphatic heterocycles. The molecule has 0 saturated carbocycles. The number of hydrogen-bond acceptors (Lipinski definition) is 4. The van der Waals surface area contributed by atoms with Crippen molar-refractivity contribution in [2.24, 2.45) is 0 Å². The molecule has 1 aromatic carbocycles. The molecule has 112 valence electrons. The minimum atomic E-state index is -0.0359. The summed E-state index contributed by atoms with van der Waals surface area (Å²) in [6.07, 6.45) is 2.06. The summed E-state index contributed by atoms with van der Waals surface area (Å²) in [5.74, 6) is 0. The van der Waals surface area contributed by atoms with Gasteiger partial charge in [0.1, 0.15) is 0 Å². The predicted octanol–water partition coefficient (Wildman–Crippen LogP) is 2.85. The van der Waals surface area contributed by atoms with E-state index in [1.165, 1.54) is 11.3 Å². The number of likely N-dealkylation sites (tertiary alicyclic amines) is 1. The van der Waals surface area contributed by atoms with Gasteiger partial charge in [0.25, 0.3) is 0 Å². The number of carbonyl (C=O) groups is 1. The van der Waals surface area contributed by atoms with Crippen LogP contribution in [0.2, 0.25) is 0 Å². The number of aromatic nitrogens is 1. The van der Waals surface area contributed by atoms with E-state index in [2.05, 4.69) is 29.3 Å². The summed E-state index contributed by atoms with van der Waals surface area (Å²) in [6.45, 7) is 1.61. The van der Waals surface area contributed by atoms with Crippen LogP contribution in [0.3, 0.4) is 0 Å². The van der Waals surface area contributed by atoms with Crippen molar-refractivity contribution in [3.63, 3.8) is 0 Å². The molecule has 1 aliphatic rings. The first-order valence-electron chi connectivity index (χ1n) is 7.21. The maximum absolute atomic E-state index is 12.3. The van der Waals surface area contributed by atoms with E-state index >= 15 is 0 Å². The lowest BCUT2D eigenvalue weighted by atomic mass is 10.0. The Labute approximate surface area is 128 Å². The van der Waals surface area contributed by atoms with Crippen molar-refractivity contribution >= 4 is 32.7 Å². The van der Waals surface area contributed by atoms with Gasteiger partial charge in [0, 0.05) is 19.1 Å². The molecule has 0 radical (unpaired) electrons. The van der Waals surface area contributed by atoms with Gasteiger partial charge in [-0.3, -0.25) is 5.32 Å². The van der Waals surface area contributed by atoms with Crippen LogP contribution in [0.5, 0.6) is 0 Å². The molecule has 6 heteroatoms. The van der Waals surface area contributed by atoms with Crippen LogP contribution in [0, 0.1) is 0 Å². The topological polar surface area (TPSA) is 48.5 Å². The lowest BCUT2D eigenvalue weighted by molar-refractivity contribution is 0.156. The van der Waals surface area contributed by atoms with Gasteiger partial charge in [0.15, 0.2) is 5.13 Å². The summed E-state index contributed by atoms with van der Waals surface area (Å²) in [6, 6.07) is 8.47. The lowest BCUT2D eigenvalue weighted by Gasteiger charge is -2.34. The second-order valence-electron chi connectivity index (χ2n) is 5.60. The van der Waals surface area contributed by atoms with E-state index < -0.39 is 0 Å². The largest absolute Gasteiger partial charge is 0.324 e. The third-order valence-corrected chi connectivity index (χ3v) is 4.94. The van der Waals surface area contributed by atoms with Crippen LogP contribution in [0.15, 0.2) is 24.3 Å². The first-order valence-corrected chi connectivity index (χ1v) is 8.03. The van der Waals surface area contributed by atoms with E-state index in [0.29, 0.717) is 11.2 Å². The van der Waals surface area contributed by atoms with Crippen LogP contribution in [-0.2, 0) is 0 Å². The Hall–Kier alpha value is -1.66. The van der Waals surface area contributed by atoms with Crippen LogP contribution in [0.25, 0.3) is 10.2 Å². The van der Waals surface area contributed by atoms with Crippen molar-refractivity contribution in [1.29, 1.82) is 0 Å². The SMILES string of the molecule is CN(C)C1CCN(C(=O)Nc2nc3ccccc3s2)CC1. The van der Waals surface area contributed by atoms with E-state index in [0.717, 1.165) is 36.1 Å². The summed E-state index contributed by atoms with van der Waals surface area (Å²) in [5, 5.41) is 3.60. The molecule has 0 bridgehead atoms. The molecule has 0 atom stereocenters. The fourth-order valence-electron chi connectivity index (χ4n) is 2.68. The molecule has 2 heterocycles. The normalized spacial score (nSPS) is 16.6. The van der Waals surface area contributed by atoms with Gasteiger partial charge < -0.3 is 9.80 Å². The number of benzene rings is 1. The van der Waals surface area contributed by atoms with Crippen molar-refractivity contribution in [2.45, 2.75) is 18.9 Å². The number of hydrogen-bond donors (Lipinski definition) is 1. The van der Waals surface area contributed by atoms with E-state index in [1.54, 1.807) is 0 Å². The van der Waals surface area contributed by atoms with E-state index in [1.807, 2.05) is 29.2 Å². The Bertz CT molecular complexity index is 598. The van der Waals surface area contributed by atoms with E-state index in [9.17, 15) is 4.79 Å². The molecule has 5 nitrogen and oxygen atoms in total. The smallest absolute Gasteiger partial charge is 0.323 e. The quantitative estimate of drug-likeness (QED) is 0.928. The number of carbonyl (C=O) groups excluding carboxylic acids is 1. The van der Waals surface area contributed by atoms with Crippen molar-refractivity contribution in [3.05, 3.63) is 24.3 Å². The molecule has 21 heavy (non-hydrogen) atoms. The van der Waals surface area contributed by atoms with Gasteiger partial charge in [-0.2, -0.15) is 0 Å². The number of amides is 2. The minimum Gasteiger partial charge on any atom is -0.324 e. The zero-order valence-electron chi connectivity index (χ0n) is 12.4. The molecule has 2 amide bonds. The summed E-state index contributed by atoms with van der Waals surface area (Å²) in [5.41, 5.74) is 0.934. The summed E-state index contributed by atoms with van der Waals surface area (Å²) in [4.78, 5) is 20.9. The number of piperidine rings is 1.